The molecule has 5 nitrogen and oxygen atoms in total. The molecule has 2 heterocycles. The Morgan fingerprint density at radius 1 is 1.57 bits per heavy atom. The topological polar surface area (TPSA) is 61.9 Å². The number of nitrogens with one attached hydrogen (secondary N) is 1. The Labute approximate surface area is 81.8 Å². The maximum Gasteiger partial charge on any atom is 0.293 e. The van der Waals surface area contributed by atoms with E-state index in [-0.39, 0.29) is 11.7 Å². The molecule has 0 unspecified atom stereocenters. The largest absolute Gasteiger partial charge is 0.332 e. The Morgan fingerprint density at radius 2 is 2.43 bits per heavy atom. The highest BCUT2D eigenvalue weighted by Crippen LogP contribution is 2.05. The predicted molar refractivity (Wildman–Crippen MR) is 50.8 cm³/mol. The zero-order valence-electron chi connectivity index (χ0n) is 8.03. The van der Waals surface area contributed by atoms with E-state index in [1.165, 1.54) is 0 Å². The van der Waals surface area contributed by atoms with Crippen molar-refractivity contribution in [2.24, 2.45) is 0 Å². The standard InChI is InChI=1S/C9H12N4O/c1-7-10-8(12-11-7)9(14)13-5-3-2-4-6-13/h2-3H,4-6H2,1H3,(H,10,11,12). The second-order valence-electron chi connectivity index (χ2n) is 3.26. The van der Waals surface area contributed by atoms with Gasteiger partial charge in [-0.3, -0.25) is 9.89 Å². The second-order valence-corrected chi connectivity index (χ2v) is 3.26. The third-order valence-electron chi connectivity index (χ3n) is 2.13. The first kappa shape index (κ1) is 8.93. The normalized spacial score (nSPS) is 15.9. The highest BCUT2D eigenvalue weighted by molar-refractivity contribution is 5.90. The zero-order chi connectivity index (χ0) is 9.97. The summed E-state index contributed by atoms with van der Waals surface area (Å²) in [7, 11) is 0. The van der Waals surface area contributed by atoms with Gasteiger partial charge >= 0.3 is 0 Å². The molecular formula is C9H12N4O. The van der Waals surface area contributed by atoms with Gasteiger partial charge in [0.1, 0.15) is 5.82 Å². The summed E-state index contributed by atoms with van der Waals surface area (Å²) >= 11 is 0. The van der Waals surface area contributed by atoms with E-state index in [4.69, 9.17) is 0 Å². The highest BCUT2D eigenvalue weighted by Gasteiger charge is 2.19. The lowest BCUT2D eigenvalue weighted by atomic mass is 10.2. The number of hydrogen-bond acceptors (Lipinski definition) is 3. The monoisotopic (exact) mass is 192 g/mol. The van der Waals surface area contributed by atoms with Crippen LogP contribution in [0.25, 0.3) is 0 Å². The van der Waals surface area contributed by atoms with E-state index in [2.05, 4.69) is 21.3 Å². The van der Waals surface area contributed by atoms with Gasteiger partial charge in [0.05, 0.1) is 0 Å². The number of H-pyrrole nitrogens is 1. The predicted octanol–water partition coefficient (Wildman–Crippen LogP) is 0.515. The number of aryl methyl sites for hydroxylation is 1. The van der Waals surface area contributed by atoms with Gasteiger partial charge in [-0.1, -0.05) is 12.2 Å². The van der Waals surface area contributed by atoms with E-state index < -0.39 is 0 Å². The van der Waals surface area contributed by atoms with Crippen LogP contribution < -0.4 is 0 Å². The van der Waals surface area contributed by atoms with E-state index in [9.17, 15) is 4.79 Å². The molecule has 1 N–H and O–H groups in total. The summed E-state index contributed by atoms with van der Waals surface area (Å²) in [6.45, 7) is 3.19. The van der Waals surface area contributed by atoms with Gasteiger partial charge in [-0.25, -0.2) is 4.98 Å². The summed E-state index contributed by atoms with van der Waals surface area (Å²) in [5.74, 6) is 0.831. The van der Waals surface area contributed by atoms with E-state index >= 15 is 0 Å². The summed E-state index contributed by atoms with van der Waals surface area (Å²) in [5, 5.41) is 6.50. The molecule has 1 aliphatic heterocycles. The molecule has 5 heteroatoms. The van der Waals surface area contributed by atoms with Crippen LogP contribution in [0, 0.1) is 6.92 Å². The van der Waals surface area contributed by atoms with E-state index in [0.717, 1.165) is 13.0 Å². The summed E-state index contributed by atoms with van der Waals surface area (Å²) in [6, 6.07) is 0. The molecule has 0 spiro atoms. The van der Waals surface area contributed by atoms with Gasteiger partial charge in [0.25, 0.3) is 5.91 Å². The Balaban J connectivity index is 2.11. The molecule has 14 heavy (non-hydrogen) atoms. The molecule has 1 aromatic rings. The van der Waals surface area contributed by atoms with Gasteiger partial charge in [-0.05, 0) is 13.3 Å². The minimum atomic E-state index is -0.0984. The van der Waals surface area contributed by atoms with Crippen molar-refractivity contribution < 1.29 is 4.79 Å². The molecule has 1 aliphatic rings. The Hall–Kier alpha value is -1.65. The quantitative estimate of drug-likeness (QED) is 0.660. The fourth-order valence-electron chi connectivity index (χ4n) is 1.41. The fourth-order valence-corrected chi connectivity index (χ4v) is 1.41. The molecule has 0 atom stereocenters. The minimum absolute atomic E-state index is 0.0984. The number of carbonyl (C=O) groups excluding carboxylic acids is 1. The van der Waals surface area contributed by atoms with Crippen LogP contribution in [0.15, 0.2) is 12.2 Å². The number of amides is 1. The second kappa shape index (κ2) is 3.61. The van der Waals surface area contributed by atoms with Crippen LogP contribution in [-0.2, 0) is 0 Å². The average Bonchev–Trinajstić information content (AvgIpc) is 2.65. The third kappa shape index (κ3) is 1.66. The van der Waals surface area contributed by atoms with Gasteiger partial charge in [0.15, 0.2) is 0 Å². The molecule has 0 bridgehead atoms. The Kier molecular flexibility index (Phi) is 2.30. The smallest absolute Gasteiger partial charge is 0.293 e. The number of aromatic nitrogens is 3. The molecule has 0 aromatic carbocycles. The van der Waals surface area contributed by atoms with Crippen molar-refractivity contribution in [2.45, 2.75) is 13.3 Å². The minimum Gasteiger partial charge on any atom is -0.332 e. The molecule has 2 rings (SSSR count). The van der Waals surface area contributed by atoms with E-state index in [1.54, 1.807) is 11.8 Å². The van der Waals surface area contributed by atoms with Crippen LogP contribution in [-0.4, -0.2) is 39.1 Å². The van der Waals surface area contributed by atoms with Crippen molar-refractivity contribution in [2.75, 3.05) is 13.1 Å². The van der Waals surface area contributed by atoms with Gasteiger partial charge in [-0.2, -0.15) is 0 Å². The summed E-state index contributed by atoms with van der Waals surface area (Å²) < 4.78 is 0. The number of carbonyl (C=O) groups is 1. The number of hydrogen-bond donors (Lipinski definition) is 1. The van der Waals surface area contributed by atoms with Crippen molar-refractivity contribution in [3.05, 3.63) is 23.8 Å². The molecule has 0 saturated carbocycles. The van der Waals surface area contributed by atoms with Crippen LogP contribution in [0.3, 0.4) is 0 Å². The average molecular weight is 192 g/mol. The van der Waals surface area contributed by atoms with Crippen molar-refractivity contribution in [3.8, 4) is 0 Å². The van der Waals surface area contributed by atoms with Crippen molar-refractivity contribution in [1.82, 2.24) is 20.1 Å². The highest BCUT2D eigenvalue weighted by atomic mass is 16.2. The fraction of sp³-hybridized carbons (Fsp3) is 0.444. The van der Waals surface area contributed by atoms with Crippen molar-refractivity contribution in [1.29, 1.82) is 0 Å². The first-order chi connectivity index (χ1) is 6.77. The number of rotatable bonds is 1. The van der Waals surface area contributed by atoms with Gasteiger partial charge in [0.2, 0.25) is 5.82 Å². The lowest BCUT2D eigenvalue weighted by molar-refractivity contribution is 0.0759. The molecule has 74 valence electrons. The maximum atomic E-state index is 11.8. The third-order valence-corrected chi connectivity index (χ3v) is 2.13. The van der Waals surface area contributed by atoms with Gasteiger partial charge in [0, 0.05) is 13.1 Å². The molecule has 0 radical (unpaired) electrons. The van der Waals surface area contributed by atoms with Crippen molar-refractivity contribution in [3.63, 3.8) is 0 Å². The first-order valence-corrected chi connectivity index (χ1v) is 4.60. The maximum absolute atomic E-state index is 11.8. The van der Waals surface area contributed by atoms with Crippen LogP contribution in [0.4, 0.5) is 0 Å². The van der Waals surface area contributed by atoms with Gasteiger partial charge < -0.3 is 4.90 Å². The Morgan fingerprint density at radius 3 is 3.00 bits per heavy atom. The van der Waals surface area contributed by atoms with E-state index in [1.807, 2.05) is 6.08 Å². The molecule has 1 amide bonds. The van der Waals surface area contributed by atoms with Crippen LogP contribution in [0.2, 0.25) is 0 Å². The van der Waals surface area contributed by atoms with Crippen LogP contribution in [0.1, 0.15) is 22.9 Å². The number of aromatic amines is 1. The molecule has 0 fully saturated rings. The van der Waals surface area contributed by atoms with Crippen LogP contribution >= 0.6 is 0 Å². The lowest BCUT2D eigenvalue weighted by Crippen LogP contribution is -2.34. The first-order valence-electron chi connectivity index (χ1n) is 4.60. The summed E-state index contributed by atoms with van der Waals surface area (Å²) in [4.78, 5) is 17.5. The number of nitrogens with zero attached hydrogens (tertiary/aromatic N) is 3. The summed E-state index contributed by atoms with van der Waals surface area (Å²) in [5.41, 5.74) is 0. The molecular weight excluding hydrogens is 180 g/mol. The van der Waals surface area contributed by atoms with Crippen LogP contribution in [0.5, 0.6) is 0 Å². The van der Waals surface area contributed by atoms with Crippen molar-refractivity contribution >= 4 is 5.91 Å². The molecule has 1 aromatic heterocycles. The molecule has 0 aliphatic carbocycles. The lowest BCUT2D eigenvalue weighted by Gasteiger charge is -2.21. The zero-order valence-corrected chi connectivity index (χ0v) is 8.03. The van der Waals surface area contributed by atoms with Gasteiger partial charge in [-0.15, -0.1) is 5.10 Å². The van der Waals surface area contributed by atoms with E-state index in [0.29, 0.717) is 12.4 Å². The Bertz CT molecular complexity index is 369. The summed E-state index contributed by atoms with van der Waals surface area (Å²) in [6.07, 6.45) is 4.98. The SMILES string of the molecule is Cc1nc(C(=O)N2CC=CCC2)n[nH]1. The molecule has 0 saturated heterocycles.